The number of rotatable bonds is 3. The van der Waals surface area contributed by atoms with E-state index in [1.54, 1.807) is 0 Å². The van der Waals surface area contributed by atoms with Gasteiger partial charge in [0, 0.05) is 9.92 Å². The molecule has 0 unspecified atom stereocenters. The summed E-state index contributed by atoms with van der Waals surface area (Å²) in [5, 5.41) is 4.76. The first kappa shape index (κ1) is 11.3. The highest BCUT2D eigenvalue weighted by Gasteiger charge is 2.40. The Labute approximate surface area is 87.9 Å². The van der Waals surface area contributed by atoms with Crippen LogP contribution in [0.1, 0.15) is 0 Å². The maximum absolute atomic E-state index is 12.7. The molecule has 0 amide bonds. The lowest BCUT2D eigenvalue weighted by molar-refractivity contribution is -0.152. The zero-order chi connectivity index (χ0) is 10.8. The lowest BCUT2D eigenvalue weighted by Gasteiger charge is -2.09. The van der Waals surface area contributed by atoms with Crippen molar-refractivity contribution in [2.45, 2.75) is 10.2 Å². The summed E-state index contributed by atoms with van der Waals surface area (Å²) in [6.07, 6.45) is 0. The van der Waals surface area contributed by atoms with Gasteiger partial charge in [0.25, 0.3) is 0 Å². The summed E-state index contributed by atoms with van der Waals surface area (Å²) < 4.78 is 25.3. The van der Waals surface area contributed by atoms with Crippen molar-refractivity contribution in [3.63, 3.8) is 0 Å². The van der Waals surface area contributed by atoms with Crippen LogP contribution in [0.25, 0.3) is 0 Å². The van der Waals surface area contributed by atoms with Gasteiger partial charge in [-0.2, -0.15) is 8.78 Å². The molecule has 0 saturated heterocycles. The van der Waals surface area contributed by atoms with Gasteiger partial charge in [-0.25, -0.2) is 4.79 Å². The van der Waals surface area contributed by atoms with E-state index in [0.717, 1.165) is 0 Å². The minimum atomic E-state index is -3.81. The molecule has 1 rings (SSSR count). The molecule has 0 bridgehead atoms. The quantitative estimate of drug-likeness (QED) is 0.823. The predicted octanol–water partition coefficient (Wildman–Crippen LogP) is 3.11. The molecule has 0 aliphatic rings. The smallest absolute Gasteiger partial charge is 0.393 e. The number of alkyl halides is 2. The Balaban J connectivity index is 2.79. The lowest BCUT2D eigenvalue weighted by atomic mass is 10.4. The highest BCUT2D eigenvalue weighted by atomic mass is 35.5. The Morgan fingerprint density at radius 1 is 1.36 bits per heavy atom. The van der Waals surface area contributed by atoms with Crippen LogP contribution in [0, 0.1) is 0 Å². The fourth-order valence-electron chi connectivity index (χ4n) is 0.694. The number of halogens is 3. The number of hydrogen-bond donors (Lipinski definition) is 1. The Morgan fingerprint density at radius 3 is 2.29 bits per heavy atom. The number of carboxylic acids is 1. The van der Waals surface area contributed by atoms with Gasteiger partial charge in [0.15, 0.2) is 0 Å². The molecule has 2 nitrogen and oxygen atoms in total. The third kappa shape index (κ3) is 2.85. The third-order valence-corrected chi connectivity index (χ3v) is 2.50. The molecule has 0 aliphatic heterocycles. The summed E-state index contributed by atoms with van der Waals surface area (Å²) in [5.41, 5.74) is 0. The molecule has 0 radical (unpaired) electrons. The van der Waals surface area contributed by atoms with Gasteiger partial charge in [-0.3, -0.25) is 0 Å². The normalized spacial score (nSPS) is 11.4. The molecule has 76 valence electrons. The van der Waals surface area contributed by atoms with E-state index in [9.17, 15) is 13.6 Å². The molecule has 14 heavy (non-hydrogen) atoms. The second kappa shape index (κ2) is 4.14. The largest absolute Gasteiger partial charge is 0.476 e. The summed E-state index contributed by atoms with van der Waals surface area (Å²) in [6, 6.07) is 5.51. The SMILES string of the molecule is O=C(O)C(F)(F)Sc1ccc(Cl)cc1. The molecule has 1 N–H and O–H groups in total. The van der Waals surface area contributed by atoms with Gasteiger partial charge in [0.05, 0.1) is 0 Å². The molecular formula is C8H5ClF2O2S. The monoisotopic (exact) mass is 238 g/mol. The van der Waals surface area contributed by atoms with E-state index < -0.39 is 11.2 Å². The van der Waals surface area contributed by atoms with Gasteiger partial charge in [0.2, 0.25) is 0 Å². The topological polar surface area (TPSA) is 37.3 Å². The number of carboxylic acid groups (broad SMARTS) is 1. The molecule has 0 aromatic heterocycles. The van der Waals surface area contributed by atoms with Crippen molar-refractivity contribution in [3.05, 3.63) is 29.3 Å². The van der Waals surface area contributed by atoms with Crippen molar-refractivity contribution in [3.8, 4) is 0 Å². The third-order valence-electron chi connectivity index (χ3n) is 1.31. The van der Waals surface area contributed by atoms with Crippen molar-refractivity contribution in [1.29, 1.82) is 0 Å². The van der Waals surface area contributed by atoms with Crippen LogP contribution in [-0.2, 0) is 4.79 Å². The Kier molecular flexibility index (Phi) is 3.34. The molecule has 0 saturated carbocycles. The fraction of sp³-hybridized carbons (Fsp3) is 0.125. The highest BCUT2D eigenvalue weighted by molar-refractivity contribution is 8.01. The van der Waals surface area contributed by atoms with Gasteiger partial charge in [-0.15, -0.1) is 0 Å². The van der Waals surface area contributed by atoms with Gasteiger partial charge >= 0.3 is 11.2 Å². The van der Waals surface area contributed by atoms with Crippen LogP contribution < -0.4 is 0 Å². The maximum atomic E-state index is 12.7. The number of aliphatic carboxylic acids is 1. The van der Waals surface area contributed by atoms with Crippen LogP contribution in [0.15, 0.2) is 29.2 Å². The van der Waals surface area contributed by atoms with Crippen LogP contribution in [0.3, 0.4) is 0 Å². The van der Waals surface area contributed by atoms with E-state index >= 15 is 0 Å². The summed E-state index contributed by atoms with van der Waals surface area (Å²) >= 11 is 5.50. The second-order valence-corrected chi connectivity index (χ2v) is 4.00. The first-order valence-corrected chi connectivity index (χ1v) is 4.67. The molecule has 0 fully saturated rings. The minimum Gasteiger partial charge on any atom is -0.476 e. The van der Waals surface area contributed by atoms with Crippen LogP contribution in [0.2, 0.25) is 5.02 Å². The number of hydrogen-bond acceptors (Lipinski definition) is 2. The number of thioether (sulfide) groups is 1. The number of benzene rings is 1. The van der Waals surface area contributed by atoms with Crippen molar-refractivity contribution in [2.75, 3.05) is 0 Å². The molecule has 0 aliphatic carbocycles. The zero-order valence-electron chi connectivity index (χ0n) is 6.71. The van der Waals surface area contributed by atoms with E-state index in [2.05, 4.69) is 0 Å². The van der Waals surface area contributed by atoms with E-state index in [4.69, 9.17) is 16.7 Å². The molecule has 1 aromatic carbocycles. The van der Waals surface area contributed by atoms with E-state index in [1.807, 2.05) is 0 Å². The van der Waals surface area contributed by atoms with Crippen molar-refractivity contribution in [1.82, 2.24) is 0 Å². The van der Waals surface area contributed by atoms with E-state index in [1.165, 1.54) is 24.3 Å². The Morgan fingerprint density at radius 2 is 1.86 bits per heavy atom. The fourth-order valence-corrected chi connectivity index (χ4v) is 1.48. The minimum absolute atomic E-state index is 0.0288. The second-order valence-electron chi connectivity index (χ2n) is 2.38. The zero-order valence-corrected chi connectivity index (χ0v) is 8.28. The van der Waals surface area contributed by atoms with Crippen LogP contribution in [0.4, 0.5) is 8.78 Å². The van der Waals surface area contributed by atoms with Gasteiger partial charge in [-0.1, -0.05) is 11.6 Å². The average molecular weight is 239 g/mol. The maximum Gasteiger partial charge on any atom is 0.393 e. The van der Waals surface area contributed by atoms with Crippen molar-refractivity contribution in [2.24, 2.45) is 0 Å². The molecule has 6 heteroatoms. The first-order valence-electron chi connectivity index (χ1n) is 3.47. The van der Waals surface area contributed by atoms with Crippen LogP contribution in [-0.4, -0.2) is 16.3 Å². The summed E-state index contributed by atoms with van der Waals surface area (Å²) in [7, 11) is 0. The first-order chi connectivity index (χ1) is 6.42. The van der Waals surface area contributed by atoms with E-state index in [-0.39, 0.29) is 16.7 Å². The molecule has 1 aromatic rings. The van der Waals surface area contributed by atoms with Crippen LogP contribution >= 0.6 is 23.4 Å². The summed E-state index contributed by atoms with van der Waals surface area (Å²) in [4.78, 5) is 10.2. The van der Waals surface area contributed by atoms with Gasteiger partial charge in [0.1, 0.15) is 0 Å². The van der Waals surface area contributed by atoms with Crippen molar-refractivity contribution >= 4 is 29.3 Å². The predicted molar refractivity (Wildman–Crippen MR) is 49.9 cm³/mol. The standard InChI is InChI=1S/C8H5ClF2O2S/c9-5-1-3-6(4-2-5)14-8(10,11)7(12)13/h1-4H,(H,12,13). The van der Waals surface area contributed by atoms with E-state index in [0.29, 0.717) is 5.02 Å². The van der Waals surface area contributed by atoms with Crippen molar-refractivity contribution < 1.29 is 18.7 Å². The Hall–Kier alpha value is -0.810. The van der Waals surface area contributed by atoms with Crippen LogP contribution in [0.5, 0.6) is 0 Å². The number of carbonyl (C=O) groups is 1. The summed E-state index contributed by atoms with van der Waals surface area (Å²) in [6.45, 7) is 0. The molecule has 0 heterocycles. The summed E-state index contributed by atoms with van der Waals surface area (Å²) in [5.74, 6) is -2.16. The molecule has 0 atom stereocenters. The molecular weight excluding hydrogens is 234 g/mol. The van der Waals surface area contributed by atoms with Gasteiger partial charge < -0.3 is 5.11 Å². The average Bonchev–Trinajstić information content (AvgIpc) is 2.08. The highest BCUT2D eigenvalue weighted by Crippen LogP contribution is 2.36. The van der Waals surface area contributed by atoms with Gasteiger partial charge in [-0.05, 0) is 36.0 Å². The molecule has 0 spiro atoms. The Bertz CT molecular complexity index is 340. The lowest BCUT2D eigenvalue weighted by Crippen LogP contribution is -2.23.